The molecular formula is C23H23ClN2O3S. The summed E-state index contributed by atoms with van der Waals surface area (Å²) in [5.41, 5.74) is 3.25. The van der Waals surface area contributed by atoms with Gasteiger partial charge in [-0.15, -0.1) is 0 Å². The summed E-state index contributed by atoms with van der Waals surface area (Å²) in [7, 11) is -3.97. The van der Waals surface area contributed by atoms with Crippen LogP contribution < -0.4 is 9.62 Å². The van der Waals surface area contributed by atoms with Gasteiger partial charge in [-0.2, -0.15) is 0 Å². The number of benzene rings is 3. The number of para-hydroxylation sites is 1. The summed E-state index contributed by atoms with van der Waals surface area (Å²) in [6.07, 6.45) is 0. The topological polar surface area (TPSA) is 66.5 Å². The highest BCUT2D eigenvalue weighted by molar-refractivity contribution is 7.92. The van der Waals surface area contributed by atoms with Crippen molar-refractivity contribution in [2.45, 2.75) is 25.3 Å². The number of aryl methyl sites for hydroxylation is 2. The van der Waals surface area contributed by atoms with Crippen molar-refractivity contribution < 1.29 is 13.2 Å². The minimum atomic E-state index is -3.97. The molecule has 0 bridgehead atoms. The summed E-state index contributed by atoms with van der Waals surface area (Å²) < 4.78 is 27.9. The van der Waals surface area contributed by atoms with Crippen LogP contribution in [0, 0.1) is 13.8 Å². The zero-order valence-corrected chi connectivity index (χ0v) is 18.4. The molecule has 30 heavy (non-hydrogen) atoms. The third-order valence-corrected chi connectivity index (χ3v) is 6.84. The van der Waals surface area contributed by atoms with Crippen molar-refractivity contribution in [2.24, 2.45) is 0 Å². The molecule has 0 aliphatic carbocycles. The third-order valence-electron chi connectivity index (χ3n) is 4.81. The van der Waals surface area contributed by atoms with Gasteiger partial charge in [0.2, 0.25) is 5.91 Å². The lowest BCUT2D eigenvalue weighted by atomic mass is 10.1. The molecule has 156 valence electrons. The molecule has 0 fully saturated rings. The molecule has 7 heteroatoms. The highest BCUT2D eigenvalue weighted by Crippen LogP contribution is 2.27. The molecule has 3 aromatic rings. The summed E-state index contributed by atoms with van der Waals surface area (Å²) in [5, 5.41) is 3.26. The Morgan fingerprint density at radius 3 is 2.13 bits per heavy atom. The Hall–Kier alpha value is -2.83. The molecule has 0 unspecified atom stereocenters. The minimum Gasteiger partial charge on any atom is -0.350 e. The lowest BCUT2D eigenvalue weighted by molar-refractivity contribution is -0.119. The van der Waals surface area contributed by atoms with E-state index in [0.29, 0.717) is 17.3 Å². The molecule has 0 saturated heterocycles. The maximum Gasteiger partial charge on any atom is 0.264 e. The lowest BCUT2D eigenvalue weighted by Gasteiger charge is -2.25. The largest absolute Gasteiger partial charge is 0.350 e. The number of halogens is 1. The predicted octanol–water partition coefficient (Wildman–Crippen LogP) is 4.47. The molecule has 1 N–H and O–H groups in total. The van der Waals surface area contributed by atoms with Crippen molar-refractivity contribution in [3.63, 3.8) is 0 Å². The van der Waals surface area contributed by atoms with E-state index in [4.69, 9.17) is 11.6 Å². The van der Waals surface area contributed by atoms with Crippen LogP contribution in [0.25, 0.3) is 0 Å². The molecule has 5 nitrogen and oxygen atoms in total. The number of nitrogens with one attached hydrogen (secondary N) is 1. The van der Waals surface area contributed by atoms with Gasteiger partial charge in [-0.25, -0.2) is 8.42 Å². The summed E-state index contributed by atoms with van der Waals surface area (Å²) in [6.45, 7) is 3.77. The van der Waals surface area contributed by atoms with Crippen molar-refractivity contribution in [2.75, 3.05) is 10.8 Å². The van der Waals surface area contributed by atoms with Gasteiger partial charge in [0.1, 0.15) is 6.54 Å². The molecule has 0 radical (unpaired) electrons. The first kappa shape index (κ1) is 21.9. The zero-order valence-electron chi connectivity index (χ0n) is 16.8. The van der Waals surface area contributed by atoms with Crippen LogP contribution in [0.5, 0.6) is 0 Å². The number of amides is 1. The minimum absolute atomic E-state index is 0.0712. The SMILES string of the molecule is Cc1ccccc1CNC(=O)CN(c1ccccc1C)S(=O)(=O)c1ccc(Cl)cc1. The Kier molecular flexibility index (Phi) is 6.80. The van der Waals surface area contributed by atoms with E-state index in [2.05, 4.69) is 5.32 Å². The van der Waals surface area contributed by atoms with Crippen LogP contribution in [-0.2, 0) is 21.4 Å². The standard InChI is InChI=1S/C23H23ClN2O3S/c1-17-7-3-5-9-19(17)15-25-23(27)16-26(22-10-6-4-8-18(22)2)30(28,29)21-13-11-20(24)12-14-21/h3-14H,15-16H2,1-2H3,(H,25,27). The van der Waals surface area contributed by atoms with Crippen molar-refractivity contribution in [1.29, 1.82) is 0 Å². The number of carbonyl (C=O) groups is 1. The van der Waals surface area contributed by atoms with Crippen molar-refractivity contribution in [3.8, 4) is 0 Å². The fourth-order valence-corrected chi connectivity index (χ4v) is 4.68. The summed E-state index contributed by atoms with van der Waals surface area (Å²) in [5.74, 6) is -0.390. The number of sulfonamides is 1. The first-order valence-electron chi connectivity index (χ1n) is 9.44. The van der Waals surface area contributed by atoms with Gasteiger partial charge in [-0.1, -0.05) is 54.1 Å². The molecular weight excluding hydrogens is 420 g/mol. The second-order valence-electron chi connectivity index (χ2n) is 6.96. The molecule has 0 aliphatic heterocycles. The van der Waals surface area contributed by atoms with Crippen LogP contribution in [-0.4, -0.2) is 20.9 Å². The Labute approximate surface area is 182 Å². The van der Waals surface area contributed by atoms with E-state index in [0.717, 1.165) is 21.0 Å². The van der Waals surface area contributed by atoms with E-state index >= 15 is 0 Å². The fourth-order valence-electron chi connectivity index (χ4n) is 3.07. The number of hydrogen-bond acceptors (Lipinski definition) is 3. The molecule has 0 spiro atoms. The quantitative estimate of drug-likeness (QED) is 0.587. The van der Waals surface area contributed by atoms with E-state index in [1.807, 2.05) is 50.2 Å². The Balaban J connectivity index is 1.88. The molecule has 0 saturated carbocycles. The van der Waals surface area contributed by atoms with Crippen molar-refractivity contribution in [3.05, 3.63) is 94.5 Å². The Morgan fingerprint density at radius 1 is 0.900 bits per heavy atom. The summed E-state index contributed by atoms with van der Waals surface area (Å²) in [4.78, 5) is 12.8. The molecule has 0 aromatic heterocycles. The van der Waals surface area contributed by atoms with Gasteiger partial charge >= 0.3 is 0 Å². The Bertz CT molecular complexity index is 1150. The van der Waals surface area contributed by atoms with Gasteiger partial charge in [0, 0.05) is 11.6 Å². The van der Waals surface area contributed by atoms with Gasteiger partial charge in [0.05, 0.1) is 10.6 Å². The van der Waals surface area contributed by atoms with Crippen LogP contribution in [0.1, 0.15) is 16.7 Å². The fraction of sp³-hybridized carbons (Fsp3) is 0.174. The zero-order chi connectivity index (χ0) is 21.7. The van der Waals surface area contributed by atoms with Crippen LogP contribution >= 0.6 is 11.6 Å². The molecule has 3 aromatic carbocycles. The van der Waals surface area contributed by atoms with Crippen LogP contribution in [0.15, 0.2) is 77.7 Å². The summed E-state index contributed by atoms with van der Waals surface area (Å²) >= 11 is 5.91. The average Bonchev–Trinajstić information content (AvgIpc) is 2.72. The summed E-state index contributed by atoms with van der Waals surface area (Å²) in [6, 6.07) is 20.7. The van der Waals surface area contributed by atoms with Gasteiger partial charge in [-0.3, -0.25) is 9.10 Å². The van der Waals surface area contributed by atoms with Gasteiger partial charge in [-0.05, 0) is 60.9 Å². The predicted molar refractivity (Wildman–Crippen MR) is 120 cm³/mol. The lowest BCUT2D eigenvalue weighted by Crippen LogP contribution is -2.41. The van der Waals surface area contributed by atoms with Gasteiger partial charge in [0.25, 0.3) is 10.0 Å². The third kappa shape index (κ3) is 5.01. The first-order chi connectivity index (χ1) is 14.3. The normalized spacial score (nSPS) is 11.2. The molecule has 1 amide bonds. The van der Waals surface area contributed by atoms with E-state index in [-0.39, 0.29) is 17.3 Å². The molecule has 0 aliphatic rings. The maximum atomic E-state index is 13.4. The van der Waals surface area contributed by atoms with E-state index in [9.17, 15) is 13.2 Å². The van der Waals surface area contributed by atoms with E-state index < -0.39 is 10.0 Å². The molecule has 3 rings (SSSR count). The second kappa shape index (κ2) is 9.32. The first-order valence-corrected chi connectivity index (χ1v) is 11.3. The smallest absolute Gasteiger partial charge is 0.264 e. The number of nitrogens with zero attached hydrogens (tertiary/aromatic N) is 1. The maximum absolute atomic E-state index is 13.4. The highest BCUT2D eigenvalue weighted by Gasteiger charge is 2.28. The average molecular weight is 443 g/mol. The van der Waals surface area contributed by atoms with Crippen LogP contribution in [0.2, 0.25) is 5.02 Å². The highest BCUT2D eigenvalue weighted by atomic mass is 35.5. The van der Waals surface area contributed by atoms with Gasteiger partial charge < -0.3 is 5.32 Å². The van der Waals surface area contributed by atoms with E-state index in [1.165, 1.54) is 24.3 Å². The number of hydrogen-bond donors (Lipinski definition) is 1. The van der Waals surface area contributed by atoms with Crippen LogP contribution in [0.4, 0.5) is 5.69 Å². The molecule has 0 atom stereocenters. The number of carbonyl (C=O) groups excluding carboxylic acids is 1. The van der Waals surface area contributed by atoms with E-state index in [1.54, 1.807) is 12.1 Å². The monoisotopic (exact) mass is 442 g/mol. The van der Waals surface area contributed by atoms with Crippen molar-refractivity contribution in [1.82, 2.24) is 5.32 Å². The second-order valence-corrected chi connectivity index (χ2v) is 9.25. The van der Waals surface area contributed by atoms with Crippen molar-refractivity contribution >= 4 is 33.2 Å². The van der Waals surface area contributed by atoms with Gasteiger partial charge in [0.15, 0.2) is 0 Å². The number of anilines is 1. The molecule has 0 heterocycles. The van der Waals surface area contributed by atoms with Crippen LogP contribution in [0.3, 0.4) is 0 Å². The number of rotatable bonds is 7. The Morgan fingerprint density at radius 2 is 1.50 bits per heavy atom.